The first-order valence-corrected chi connectivity index (χ1v) is 9.86. The number of anilines is 2. The van der Waals surface area contributed by atoms with Gasteiger partial charge in [0, 0.05) is 19.2 Å². The molecule has 0 radical (unpaired) electrons. The second kappa shape index (κ2) is 7.39. The quantitative estimate of drug-likeness (QED) is 0.852. The van der Waals surface area contributed by atoms with Crippen molar-refractivity contribution in [3.63, 3.8) is 0 Å². The molecule has 1 N–H and O–H groups in total. The van der Waals surface area contributed by atoms with Crippen LogP contribution in [-0.2, 0) is 15.4 Å². The van der Waals surface area contributed by atoms with Gasteiger partial charge < -0.3 is 4.90 Å². The van der Waals surface area contributed by atoms with E-state index in [2.05, 4.69) is 35.5 Å². The van der Waals surface area contributed by atoms with Gasteiger partial charge in [0.05, 0.1) is 4.90 Å². The van der Waals surface area contributed by atoms with Gasteiger partial charge in [0.2, 0.25) is 0 Å². The summed E-state index contributed by atoms with van der Waals surface area (Å²) in [6.07, 6.45) is 1.37. The third kappa shape index (κ3) is 4.69. The van der Waals surface area contributed by atoms with Crippen molar-refractivity contribution in [2.24, 2.45) is 0 Å². The number of rotatable bonds is 6. The molecule has 6 nitrogen and oxygen atoms in total. The highest BCUT2D eigenvalue weighted by atomic mass is 32.2. The highest BCUT2D eigenvalue weighted by Gasteiger charge is 2.18. The van der Waals surface area contributed by atoms with E-state index < -0.39 is 10.0 Å². The molecule has 0 saturated heterocycles. The predicted molar refractivity (Wildman–Crippen MR) is 102 cm³/mol. The summed E-state index contributed by atoms with van der Waals surface area (Å²) in [4.78, 5) is 10.5. The van der Waals surface area contributed by atoms with Crippen molar-refractivity contribution in [3.05, 3.63) is 42.2 Å². The summed E-state index contributed by atoms with van der Waals surface area (Å²) in [5, 5.41) is 0. The van der Waals surface area contributed by atoms with Crippen molar-refractivity contribution >= 4 is 21.7 Å². The molecule has 25 heavy (non-hydrogen) atoms. The van der Waals surface area contributed by atoms with Gasteiger partial charge in [-0.2, -0.15) is 0 Å². The van der Waals surface area contributed by atoms with Crippen LogP contribution < -0.4 is 9.62 Å². The van der Waals surface area contributed by atoms with Crippen molar-refractivity contribution in [1.82, 2.24) is 9.97 Å². The molecule has 0 aliphatic rings. The van der Waals surface area contributed by atoms with Crippen LogP contribution in [0.3, 0.4) is 0 Å². The maximum absolute atomic E-state index is 12.6. The molecule has 0 aliphatic heterocycles. The Balaban J connectivity index is 2.25. The zero-order valence-electron chi connectivity index (χ0n) is 15.4. The van der Waals surface area contributed by atoms with Gasteiger partial charge in [-0.05, 0) is 37.0 Å². The van der Waals surface area contributed by atoms with Gasteiger partial charge in [-0.15, -0.1) is 0 Å². The summed E-state index contributed by atoms with van der Waals surface area (Å²) in [5.41, 5.74) is 1.05. The topological polar surface area (TPSA) is 75.2 Å². The molecule has 1 aromatic carbocycles. The first-order valence-electron chi connectivity index (χ1n) is 8.37. The third-order valence-electron chi connectivity index (χ3n) is 4.01. The average Bonchev–Trinajstić information content (AvgIpc) is 2.55. The summed E-state index contributed by atoms with van der Waals surface area (Å²) in [7, 11) is -3.69. The number of sulfonamides is 1. The Kier molecular flexibility index (Phi) is 5.67. The Morgan fingerprint density at radius 1 is 1.04 bits per heavy atom. The van der Waals surface area contributed by atoms with Crippen LogP contribution >= 0.6 is 0 Å². The molecule has 0 amide bonds. The second-order valence-corrected chi connectivity index (χ2v) is 8.50. The summed E-state index contributed by atoms with van der Waals surface area (Å²) in [6.45, 7) is 11.9. The Labute approximate surface area is 150 Å². The number of nitrogens with zero attached hydrogens (tertiary/aromatic N) is 3. The fraction of sp³-hybridized carbons (Fsp3) is 0.444. The van der Waals surface area contributed by atoms with Crippen LogP contribution in [0, 0.1) is 0 Å². The van der Waals surface area contributed by atoms with Crippen LogP contribution in [0.25, 0.3) is 0 Å². The van der Waals surface area contributed by atoms with E-state index in [1.807, 2.05) is 30.9 Å². The zero-order valence-corrected chi connectivity index (χ0v) is 16.3. The van der Waals surface area contributed by atoms with Crippen molar-refractivity contribution in [2.75, 3.05) is 22.7 Å². The fourth-order valence-electron chi connectivity index (χ4n) is 2.45. The fourth-order valence-corrected chi connectivity index (χ4v) is 3.45. The first kappa shape index (κ1) is 19.2. The molecule has 0 spiro atoms. The minimum absolute atomic E-state index is 0.0267. The molecule has 0 saturated carbocycles. The lowest BCUT2D eigenvalue weighted by atomic mass is 9.87. The normalized spacial score (nSPS) is 12.0. The van der Waals surface area contributed by atoms with Gasteiger partial charge >= 0.3 is 0 Å². The lowest BCUT2D eigenvalue weighted by Crippen LogP contribution is -2.23. The van der Waals surface area contributed by atoms with Crippen LogP contribution in [0.15, 0.2) is 41.6 Å². The Bertz CT molecular complexity index is 808. The molecule has 1 heterocycles. The Morgan fingerprint density at radius 2 is 1.64 bits per heavy atom. The molecule has 0 atom stereocenters. The summed E-state index contributed by atoms with van der Waals surface area (Å²) in [6, 6.07) is 8.57. The number of aromatic nitrogens is 2. The van der Waals surface area contributed by atoms with E-state index in [0.29, 0.717) is 5.82 Å². The molecule has 0 fully saturated rings. The smallest absolute Gasteiger partial charge is 0.263 e. The number of hydrogen-bond acceptors (Lipinski definition) is 5. The number of benzene rings is 1. The molecule has 2 aromatic rings. The maximum atomic E-state index is 12.6. The average molecular weight is 362 g/mol. The van der Waals surface area contributed by atoms with Crippen molar-refractivity contribution in [3.8, 4) is 0 Å². The van der Waals surface area contributed by atoms with Gasteiger partial charge in [-0.3, -0.25) is 4.72 Å². The highest BCUT2D eigenvalue weighted by Crippen LogP contribution is 2.24. The zero-order chi connectivity index (χ0) is 18.7. The van der Waals surface area contributed by atoms with Crippen molar-refractivity contribution in [2.45, 2.75) is 44.9 Å². The standard InChI is InChI=1S/C18H26N4O2S/c1-6-22(7-2)17-12-16(19-13-20-17)21-25(23,24)15-10-8-14(9-11-15)18(3,4)5/h8-13H,6-7H2,1-5H3,(H,19,20,21). The molecule has 7 heteroatoms. The maximum Gasteiger partial charge on any atom is 0.263 e. The molecule has 2 rings (SSSR count). The van der Waals surface area contributed by atoms with E-state index in [9.17, 15) is 8.42 Å². The number of nitrogens with one attached hydrogen (secondary N) is 1. The van der Waals surface area contributed by atoms with Gasteiger partial charge in [-0.1, -0.05) is 32.9 Å². The van der Waals surface area contributed by atoms with E-state index in [0.717, 1.165) is 18.7 Å². The van der Waals surface area contributed by atoms with Gasteiger partial charge in [0.1, 0.15) is 18.0 Å². The van der Waals surface area contributed by atoms with Crippen LogP contribution in [0.1, 0.15) is 40.2 Å². The SMILES string of the molecule is CCN(CC)c1cc(NS(=O)(=O)c2ccc(C(C)(C)C)cc2)ncn1. The predicted octanol–water partition coefficient (Wildman–Crippen LogP) is 3.42. The van der Waals surface area contributed by atoms with E-state index in [4.69, 9.17) is 0 Å². The van der Waals surface area contributed by atoms with Crippen LogP contribution in [-0.4, -0.2) is 31.5 Å². The minimum atomic E-state index is -3.69. The second-order valence-electron chi connectivity index (χ2n) is 6.81. The summed E-state index contributed by atoms with van der Waals surface area (Å²) in [5.74, 6) is 0.956. The minimum Gasteiger partial charge on any atom is -0.357 e. The van der Waals surface area contributed by atoms with Crippen molar-refractivity contribution < 1.29 is 8.42 Å². The molecule has 0 unspecified atom stereocenters. The number of hydrogen-bond donors (Lipinski definition) is 1. The van der Waals surface area contributed by atoms with Crippen LogP contribution in [0.4, 0.5) is 11.6 Å². The molecular formula is C18H26N4O2S. The van der Waals surface area contributed by atoms with Crippen LogP contribution in [0.5, 0.6) is 0 Å². The first-order chi connectivity index (χ1) is 11.7. The highest BCUT2D eigenvalue weighted by molar-refractivity contribution is 7.92. The van der Waals surface area contributed by atoms with Gasteiger partial charge in [0.25, 0.3) is 10.0 Å². The molecular weight excluding hydrogens is 336 g/mol. The monoisotopic (exact) mass is 362 g/mol. The Morgan fingerprint density at radius 3 is 2.16 bits per heavy atom. The van der Waals surface area contributed by atoms with Gasteiger partial charge in [0.15, 0.2) is 0 Å². The summed E-state index contributed by atoms with van der Waals surface area (Å²) >= 11 is 0. The summed E-state index contributed by atoms with van der Waals surface area (Å²) < 4.78 is 27.7. The lowest BCUT2D eigenvalue weighted by Gasteiger charge is -2.20. The van der Waals surface area contributed by atoms with E-state index >= 15 is 0 Å². The van der Waals surface area contributed by atoms with E-state index in [-0.39, 0.29) is 16.1 Å². The molecule has 0 aliphatic carbocycles. The third-order valence-corrected chi connectivity index (χ3v) is 5.38. The lowest BCUT2D eigenvalue weighted by molar-refractivity contribution is 0.587. The molecule has 0 bridgehead atoms. The molecule has 1 aromatic heterocycles. The molecule has 136 valence electrons. The Hall–Kier alpha value is -2.15. The van der Waals surface area contributed by atoms with E-state index in [1.54, 1.807) is 18.2 Å². The largest absolute Gasteiger partial charge is 0.357 e. The van der Waals surface area contributed by atoms with E-state index in [1.165, 1.54) is 6.33 Å². The van der Waals surface area contributed by atoms with Crippen molar-refractivity contribution in [1.29, 1.82) is 0 Å². The van der Waals surface area contributed by atoms with Crippen LogP contribution in [0.2, 0.25) is 0 Å². The van der Waals surface area contributed by atoms with Gasteiger partial charge in [-0.25, -0.2) is 18.4 Å².